The van der Waals surface area contributed by atoms with E-state index in [0.29, 0.717) is 12.8 Å². The third-order valence-electron chi connectivity index (χ3n) is 3.59. The second kappa shape index (κ2) is 13.9. The van der Waals surface area contributed by atoms with Crippen LogP contribution in [-0.4, -0.2) is 23.1 Å². The van der Waals surface area contributed by atoms with Crippen molar-refractivity contribution in [2.24, 2.45) is 0 Å². The largest absolute Gasteiger partial charge is 0.481 e. The van der Waals surface area contributed by atoms with Crippen LogP contribution in [0.2, 0.25) is 0 Å². The molecule has 0 bridgehead atoms. The van der Waals surface area contributed by atoms with Gasteiger partial charge < -0.3 is 9.84 Å². The number of carboxylic acid groups (broad SMARTS) is 1. The monoisotopic (exact) mass is 300 g/mol. The fourth-order valence-corrected chi connectivity index (χ4v) is 2.29. The first-order chi connectivity index (χ1) is 10.1. The van der Waals surface area contributed by atoms with Crippen molar-refractivity contribution in [2.45, 2.75) is 97.0 Å². The average molecular weight is 300 g/mol. The Morgan fingerprint density at radius 1 is 0.857 bits per heavy atom. The van der Waals surface area contributed by atoms with Gasteiger partial charge in [0.1, 0.15) is 6.10 Å². The molecule has 0 fully saturated rings. The highest BCUT2D eigenvalue weighted by atomic mass is 16.5. The van der Waals surface area contributed by atoms with E-state index in [2.05, 4.69) is 13.8 Å². The maximum atomic E-state index is 11.7. The van der Waals surface area contributed by atoms with E-state index in [1.54, 1.807) is 0 Å². The molecule has 1 unspecified atom stereocenters. The zero-order valence-corrected chi connectivity index (χ0v) is 13.7. The topological polar surface area (TPSA) is 63.6 Å². The molecule has 0 rings (SSSR count). The van der Waals surface area contributed by atoms with Gasteiger partial charge in [0.2, 0.25) is 0 Å². The van der Waals surface area contributed by atoms with Gasteiger partial charge in [0.05, 0.1) is 0 Å². The number of carboxylic acids is 1. The molecule has 0 heterocycles. The summed E-state index contributed by atoms with van der Waals surface area (Å²) < 4.78 is 5.45. The molecule has 0 aliphatic heterocycles. The van der Waals surface area contributed by atoms with Crippen molar-refractivity contribution >= 4 is 11.9 Å². The second-order valence-corrected chi connectivity index (χ2v) is 5.70. The van der Waals surface area contributed by atoms with Gasteiger partial charge in [-0.25, -0.2) is 0 Å². The van der Waals surface area contributed by atoms with Crippen LogP contribution < -0.4 is 0 Å². The van der Waals surface area contributed by atoms with Crippen molar-refractivity contribution in [2.75, 3.05) is 0 Å². The van der Waals surface area contributed by atoms with E-state index in [4.69, 9.17) is 9.84 Å². The lowest BCUT2D eigenvalue weighted by Crippen LogP contribution is -2.19. The predicted molar refractivity (Wildman–Crippen MR) is 84.3 cm³/mol. The Morgan fingerprint density at radius 2 is 1.48 bits per heavy atom. The van der Waals surface area contributed by atoms with Crippen LogP contribution in [0.25, 0.3) is 0 Å². The van der Waals surface area contributed by atoms with E-state index >= 15 is 0 Å². The van der Waals surface area contributed by atoms with Gasteiger partial charge in [-0.3, -0.25) is 9.59 Å². The van der Waals surface area contributed by atoms with Crippen LogP contribution in [0.3, 0.4) is 0 Å². The average Bonchev–Trinajstić information content (AvgIpc) is 2.44. The van der Waals surface area contributed by atoms with Crippen molar-refractivity contribution in [3.05, 3.63) is 0 Å². The van der Waals surface area contributed by atoms with Crippen LogP contribution in [0.5, 0.6) is 0 Å². The summed E-state index contributed by atoms with van der Waals surface area (Å²) in [7, 11) is 0. The smallest absolute Gasteiger partial charge is 0.306 e. The first kappa shape index (κ1) is 19.9. The minimum Gasteiger partial charge on any atom is -0.481 e. The number of hydrogen-bond acceptors (Lipinski definition) is 3. The third kappa shape index (κ3) is 13.7. The SMILES string of the molecule is CCCCCCCC(CCC(=O)O)OC(=O)CCCCC. The lowest BCUT2D eigenvalue weighted by atomic mass is 10.0. The summed E-state index contributed by atoms with van der Waals surface area (Å²) in [6.07, 6.45) is 10.3. The molecule has 0 spiro atoms. The molecule has 0 radical (unpaired) electrons. The number of ether oxygens (including phenoxy) is 1. The molecule has 0 saturated heterocycles. The number of carbonyl (C=O) groups excluding carboxylic acids is 1. The Hall–Kier alpha value is -1.06. The quantitative estimate of drug-likeness (QED) is 0.373. The number of rotatable bonds is 14. The second-order valence-electron chi connectivity index (χ2n) is 5.70. The van der Waals surface area contributed by atoms with Crippen LogP contribution in [-0.2, 0) is 14.3 Å². The summed E-state index contributed by atoms with van der Waals surface area (Å²) in [6.45, 7) is 4.27. The Balaban J connectivity index is 4.00. The number of aliphatic carboxylic acids is 1. The summed E-state index contributed by atoms with van der Waals surface area (Å²) in [4.78, 5) is 22.4. The molecule has 0 aromatic heterocycles. The molecule has 1 atom stereocenters. The Morgan fingerprint density at radius 3 is 2.10 bits per heavy atom. The van der Waals surface area contributed by atoms with Gasteiger partial charge in [0, 0.05) is 12.8 Å². The summed E-state index contributed by atoms with van der Waals surface area (Å²) >= 11 is 0. The van der Waals surface area contributed by atoms with Gasteiger partial charge in [-0.2, -0.15) is 0 Å². The summed E-state index contributed by atoms with van der Waals surface area (Å²) in [5, 5.41) is 8.77. The molecule has 0 aliphatic carbocycles. The van der Waals surface area contributed by atoms with Gasteiger partial charge >= 0.3 is 11.9 Å². The highest BCUT2D eigenvalue weighted by Gasteiger charge is 2.15. The van der Waals surface area contributed by atoms with Crippen molar-refractivity contribution in [3.8, 4) is 0 Å². The number of unbranched alkanes of at least 4 members (excludes halogenated alkanes) is 6. The first-order valence-electron chi connectivity index (χ1n) is 8.51. The zero-order valence-electron chi connectivity index (χ0n) is 13.7. The number of carbonyl (C=O) groups is 2. The van der Waals surface area contributed by atoms with Crippen LogP contribution >= 0.6 is 0 Å². The van der Waals surface area contributed by atoms with Crippen molar-refractivity contribution in [1.29, 1.82) is 0 Å². The van der Waals surface area contributed by atoms with E-state index in [9.17, 15) is 9.59 Å². The van der Waals surface area contributed by atoms with Crippen molar-refractivity contribution in [3.63, 3.8) is 0 Å². The molecule has 4 heteroatoms. The van der Waals surface area contributed by atoms with Gasteiger partial charge in [0.25, 0.3) is 0 Å². The van der Waals surface area contributed by atoms with Crippen molar-refractivity contribution < 1.29 is 19.4 Å². The molecule has 1 N–H and O–H groups in total. The maximum absolute atomic E-state index is 11.7. The first-order valence-corrected chi connectivity index (χ1v) is 8.51. The molecule has 0 aromatic rings. The summed E-state index contributed by atoms with van der Waals surface area (Å²) in [6, 6.07) is 0. The van der Waals surface area contributed by atoms with Crippen LogP contribution in [0.15, 0.2) is 0 Å². The standard InChI is InChI=1S/C17H32O4/c1-3-5-7-8-10-11-15(13-14-16(18)19)21-17(20)12-9-6-4-2/h15H,3-14H2,1-2H3,(H,18,19). The summed E-state index contributed by atoms with van der Waals surface area (Å²) in [5.41, 5.74) is 0. The van der Waals surface area contributed by atoms with Crippen molar-refractivity contribution in [1.82, 2.24) is 0 Å². The van der Waals surface area contributed by atoms with Crippen LogP contribution in [0.1, 0.15) is 90.9 Å². The predicted octanol–water partition coefficient (Wildman–Crippen LogP) is 4.70. The van der Waals surface area contributed by atoms with Gasteiger partial charge in [-0.05, 0) is 25.7 Å². The molecule has 0 aliphatic rings. The number of esters is 1. The van der Waals surface area contributed by atoms with Gasteiger partial charge in [-0.15, -0.1) is 0 Å². The van der Waals surface area contributed by atoms with E-state index in [-0.39, 0.29) is 18.5 Å². The van der Waals surface area contributed by atoms with E-state index in [1.807, 2.05) is 0 Å². The fraction of sp³-hybridized carbons (Fsp3) is 0.882. The molecule has 0 saturated carbocycles. The molecule has 21 heavy (non-hydrogen) atoms. The molecule has 0 aromatic carbocycles. The van der Waals surface area contributed by atoms with E-state index < -0.39 is 5.97 Å². The maximum Gasteiger partial charge on any atom is 0.306 e. The molecule has 4 nitrogen and oxygen atoms in total. The van der Waals surface area contributed by atoms with Gasteiger partial charge in [0.15, 0.2) is 0 Å². The Labute approximate surface area is 129 Å². The van der Waals surface area contributed by atoms with Crippen LogP contribution in [0.4, 0.5) is 0 Å². The van der Waals surface area contributed by atoms with E-state index in [1.165, 1.54) is 19.3 Å². The lowest BCUT2D eigenvalue weighted by molar-refractivity contribution is -0.151. The Bertz CT molecular complexity index is 276. The normalized spacial score (nSPS) is 12.1. The molecule has 0 amide bonds. The zero-order chi connectivity index (χ0) is 15.9. The van der Waals surface area contributed by atoms with Crippen LogP contribution in [0, 0.1) is 0 Å². The van der Waals surface area contributed by atoms with Gasteiger partial charge in [-0.1, -0.05) is 52.4 Å². The van der Waals surface area contributed by atoms with E-state index in [0.717, 1.165) is 38.5 Å². The Kier molecular flexibility index (Phi) is 13.2. The molecular formula is C17H32O4. The number of hydrogen-bond donors (Lipinski definition) is 1. The lowest BCUT2D eigenvalue weighted by Gasteiger charge is -2.17. The molecule has 124 valence electrons. The highest BCUT2D eigenvalue weighted by Crippen LogP contribution is 2.15. The summed E-state index contributed by atoms with van der Waals surface area (Å²) in [5.74, 6) is -1.000. The highest BCUT2D eigenvalue weighted by molar-refractivity contribution is 5.69. The molecular weight excluding hydrogens is 268 g/mol. The fourth-order valence-electron chi connectivity index (χ4n) is 2.29. The minimum atomic E-state index is -0.826. The minimum absolute atomic E-state index is 0.0713. The third-order valence-corrected chi connectivity index (χ3v) is 3.59.